The van der Waals surface area contributed by atoms with E-state index < -0.39 is 0 Å². The lowest BCUT2D eigenvalue weighted by Gasteiger charge is -2.34. The first-order valence-corrected chi connectivity index (χ1v) is 8.91. The Kier molecular flexibility index (Phi) is 10.6. The summed E-state index contributed by atoms with van der Waals surface area (Å²) in [6, 6.07) is 3.52. The van der Waals surface area contributed by atoms with Gasteiger partial charge in [0.25, 0.3) is 0 Å². The normalized spacial score (nSPS) is 15.2. The lowest BCUT2D eigenvalue weighted by atomic mass is 9.93. The van der Waals surface area contributed by atoms with E-state index in [1.807, 2.05) is 0 Å². The number of nitrogens with zero attached hydrogens (tertiary/aromatic N) is 3. The van der Waals surface area contributed by atoms with E-state index in [4.69, 9.17) is 16.3 Å². The van der Waals surface area contributed by atoms with Crippen molar-refractivity contribution in [3.8, 4) is 5.88 Å². The van der Waals surface area contributed by atoms with E-state index in [0.717, 1.165) is 31.9 Å². The number of nitrogens with one attached hydrogen (secondary N) is 2. The minimum atomic E-state index is 0. The van der Waals surface area contributed by atoms with Gasteiger partial charge < -0.3 is 20.3 Å². The van der Waals surface area contributed by atoms with Crippen LogP contribution in [0.4, 0.5) is 0 Å². The highest BCUT2D eigenvalue weighted by Crippen LogP contribution is 2.21. The molecule has 0 unspecified atom stereocenters. The van der Waals surface area contributed by atoms with Crippen LogP contribution in [0.2, 0.25) is 5.02 Å². The molecule has 1 fully saturated rings. The number of piperidine rings is 1. The average molecular weight is 496 g/mol. The van der Waals surface area contributed by atoms with Crippen LogP contribution >= 0.6 is 35.6 Å². The molecule has 0 saturated carbocycles. The van der Waals surface area contributed by atoms with E-state index in [2.05, 4.69) is 25.5 Å². The molecule has 1 aliphatic rings. The van der Waals surface area contributed by atoms with Gasteiger partial charge >= 0.3 is 0 Å². The average Bonchev–Trinajstić information content (AvgIpc) is 2.64. The maximum absolute atomic E-state index is 11.5. The third kappa shape index (κ3) is 7.14. The maximum atomic E-state index is 11.5. The summed E-state index contributed by atoms with van der Waals surface area (Å²) in [7, 11) is 3.46. The van der Waals surface area contributed by atoms with Crippen LogP contribution in [0.15, 0.2) is 23.3 Å². The van der Waals surface area contributed by atoms with Crippen LogP contribution in [-0.4, -0.2) is 62.1 Å². The first-order valence-electron chi connectivity index (χ1n) is 8.53. The lowest BCUT2D eigenvalue weighted by Crippen LogP contribution is -2.46. The molecule has 9 heteroatoms. The molecule has 0 spiro atoms. The molecule has 1 amide bonds. The quantitative estimate of drug-likeness (QED) is 0.274. The van der Waals surface area contributed by atoms with Crippen molar-refractivity contribution in [3.63, 3.8) is 0 Å². The molecule has 0 radical (unpaired) electrons. The van der Waals surface area contributed by atoms with Crippen molar-refractivity contribution >= 4 is 47.4 Å². The molecular formula is C17H27ClIN5O2. The topological polar surface area (TPSA) is 78.9 Å². The summed E-state index contributed by atoms with van der Waals surface area (Å²) in [5.41, 5.74) is 0. The van der Waals surface area contributed by atoms with Crippen LogP contribution in [0.1, 0.15) is 19.3 Å². The zero-order valence-electron chi connectivity index (χ0n) is 15.2. The highest BCUT2D eigenvalue weighted by Gasteiger charge is 2.22. The van der Waals surface area contributed by atoms with E-state index in [9.17, 15) is 4.79 Å². The standard InChI is InChI=1S/C17H26ClN5O2.HI/c1-19-15(24)12-13-5-9-23(10-6-13)17(20-2)22-8-11-25-16-14(18)4-3-7-21-16;/h3-4,7,13H,5-6,8-12H2,1-2H3,(H,19,24)(H,20,22);1H. The summed E-state index contributed by atoms with van der Waals surface area (Å²) in [5.74, 6) is 1.86. The molecule has 0 bridgehead atoms. The minimum Gasteiger partial charge on any atom is -0.475 e. The first kappa shape index (κ1) is 22.8. The van der Waals surface area contributed by atoms with Crippen LogP contribution in [0.3, 0.4) is 0 Å². The van der Waals surface area contributed by atoms with Gasteiger partial charge in [-0.05, 0) is 30.9 Å². The fourth-order valence-corrected chi connectivity index (χ4v) is 3.01. The molecule has 1 aromatic heterocycles. The van der Waals surface area contributed by atoms with Crippen molar-refractivity contribution in [1.29, 1.82) is 0 Å². The molecule has 0 atom stereocenters. The van der Waals surface area contributed by atoms with Gasteiger partial charge in [-0.15, -0.1) is 24.0 Å². The summed E-state index contributed by atoms with van der Waals surface area (Å²) in [6.45, 7) is 2.85. The summed E-state index contributed by atoms with van der Waals surface area (Å²) >= 11 is 6.01. The van der Waals surface area contributed by atoms with E-state index >= 15 is 0 Å². The summed E-state index contributed by atoms with van der Waals surface area (Å²) in [6.07, 6.45) is 4.24. The van der Waals surface area contributed by atoms with Crippen LogP contribution in [0.5, 0.6) is 5.88 Å². The van der Waals surface area contributed by atoms with E-state index in [-0.39, 0.29) is 29.9 Å². The van der Waals surface area contributed by atoms with Crippen LogP contribution in [0.25, 0.3) is 0 Å². The van der Waals surface area contributed by atoms with Gasteiger partial charge in [-0.25, -0.2) is 4.98 Å². The lowest BCUT2D eigenvalue weighted by molar-refractivity contribution is -0.121. The predicted molar refractivity (Wildman–Crippen MR) is 114 cm³/mol. The van der Waals surface area contributed by atoms with Gasteiger partial charge in [0.05, 0.1) is 6.54 Å². The Morgan fingerprint density at radius 3 is 2.81 bits per heavy atom. The number of likely N-dealkylation sites (tertiary alicyclic amines) is 1. The van der Waals surface area contributed by atoms with Gasteiger partial charge in [0, 0.05) is 39.8 Å². The Morgan fingerprint density at radius 1 is 1.46 bits per heavy atom. The fraction of sp³-hybridized carbons (Fsp3) is 0.588. The van der Waals surface area contributed by atoms with Crippen molar-refractivity contribution in [1.82, 2.24) is 20.5 Å². The van der Waals surface area contributed by atoms with Crippen LogP contribution in [0, 0.1) is 5.92 Å². The molecule has 26 heavy (non-hydrogen) atoms. The summed E-state index contributed by atoms with van der Waals surface area (Å²) < 4.78 is 5.57. The van der Waals surface area contributed by atoms with Crippen molar-refractivity contribution < 1.29 is 9.53 Å². The third-order valence-corrected chi connectivity index (χ3v) is 4.52. The number of amides is 1. The third-order valence-electron chi connectivity index (χ3n) is 4.23. The second-order valence-electron chi connectivity index (χ2n) is 5.92. The molecule has 146 valence electrons. The molecule has 1 aromatic rings. The number of aromatic nitrogens is 1. The van der Waals surface area contributed by atoms with Gasteiger partial charge in [0.2, 0.25) is 11.8 Å². The number of hydrogen-bond donors (Lipinski definition) is 2. The number of rotatable bonds is 6. The second kappa shape index (κ2) is 12.2. The predicted octanol–water partition coefficient (Wildman–Crippen LogP) is 2.16. The molecule has 0 aromatic carbocycles. The number of carbonyl (C=O) groups is 1. The molecule has 0 aliphatic carbocycles. The molecule has 2 N–H and O–H groups in total. The van der Waals surface area contributed by atoms with Crippen molar-refractivity contribution in [2.45, 2.75) is 19.3 Å². The highest BCUT2D eigenvalue weighted by molar-refractivity contribution is 14.0. The van der Waals surface area contributed by atoms with Crippen LogP contribution < -0.4 is 15.4 Å². The van der Waals surface area contributed by atoms with Gasteiger partial charge in [0.15, 0.2) is 5.96 Å². The number of halogens is 2. The minimum absolute atomic E-state index is 0. The fourth-order valence-electron chi connectivity index (χ4n) is 2.83. The van der Waals surface area contributed by atoms with Crippen LogP contribution in [-0.2, 0) is 4.79 Å². The van der Waals surface area contributed by atoms with E-state index in [1.54, 1.807) is 32.4 Å². The molecular weight excluding hydrogens is 469 g/mol. The molecule has 1 aliphatic heterocycles. The number of ether oxygens (including phenoxy) is 1. The Labute approximate surface area is 177 Å². The molecule has 2 rings (SSSR count). The van der Waals surface area contributed by atoms with Gasteiger partial charge in [0.1, 0.15) is 11.6 Å². The Morgan fingerprint density at radius 2 is 2.19 bits per heavy atom. The highest BCUT2D eigenvalue weighted by atomic mass is 127. The monoisotopic (exact) mass is 495 g/mol. The van der Waals surface area contributed by atoms with Crippen molar-refractivity contribution in [3.05, 3.63) is 23.4 Å². The largest absolute Gasteiger partial charge is 0.475 e. The van der Waals surface area contributed by atoms with E-state index in [0.29, 0.717) is 36.4 Å². The second-order valence-corrected chi connectivity index (χ2v) is 6.33. The molecule has 2 heterocycles. The zero-order chi connectivity index (χ0) is 18.1. The molecule has 7 nitrogen and oxygen atoms in total. The summed E-state index contributed by atoms with van der Waals surface area (Å²) in [5, 5.41) is 6.49. The van der Waals surface area contributed by atoms with E-state index in [1.165, 1.54) is 0 Å². The number of hydrogen-bond acceptors (Lipinski definition) is 4. The number of guanidine groups is 1. The van der Waals surface area contributed by atoms with Gasteiger partial charge in [-0.1, -0.05) is 11.6 Å². The number of aliphatic imine (C=N–C) groups is 1. The number of carbonyl (C=O) groups excluding carboxylic acids is 1. The summed E-state index contributed by atoms with van der Waals surface area (Å²) in [4.78, 5) is 22.1. The number of pyridine rings is 1. The smallest absolute Gasteiger partial charge is 0.232 e. The Bertz CT molecular complexity index is 594. The Balaban J connectivity index is 0.00000338. The van der Waals surface area contributed by atoms with Crippen molar-refractivity contribution in [2.24, 2.45) is 10.9 Å². The zero-order valence-corrected chi connectivity index (χ0v) is 18.3. The first-order chi connectivity index (χ1) is 12.1. The SMILES string of the molecule is CN=C(NCCOc1ncccc1Cl)N1CCC(CC(=O)NC)CC1.I. The maximum Gasteiger partial charge on any atom is 0.232 e. The van der Waals surface area contributed by atoms with Gasteiger partial charge in [-0.2, -0.15) is 0 Å². The van der Waals surface area contributed by atoms with Gasteiger partial charge in [-0.3, -0.25) is 9.79 Å². The molecule has 1 saturated heterocycles. The van der Waals surface area contributed by atoms with Crippen molar-refractivity contribution in [2.75, 3.05) is 40.3 Å². The Hall–Kier alpha value is -1.29.